The van der Waals surface area contributed by atoms with E-state index in [0.29, 0.717) is 24.4 Å². The minimum atomic E-state index is -0.641. The Morgan fingerprint density at radius 3 is 2.92 bits per heavy atom. The van der Waals surface area contributed by atoms with Crippen molar-refractivity contribution in [2.75, 3.05) is 13.7 Å². The van der Waals surface area contributed by atoms with Crippen LogP contribution in [0.5, 0.6) is 11.5 Å². The molecule has 0 aromatic heterocycles. The normalized spacial score (nSPS) is 40.5. The largest absolute Gasteiger partial charge is 0.497 e. The zero-order valence-electron chi connectivity index (χ0n) is 15.0. The molecule has 1 spiro atoms. The third-order valence-corrected chi connectivity index (χ3v) is 6.69. The minimum absolute atomic E-state index is 0.119. The van der Waals surface area contributed by atoms with E-state index < -0.39 is 5.79 Å². The highest BCUT2D eigenvalue weighted by Gasteiger charge is 2.62. The Kier molecular flexibility index (Phi) is 3.06. The van der Waals surface area contributed by atoms with Crippen molar-refractivity contribution in [2.45, 2.75) is 25.6 Å². The van der Waals surface area contributed by atoms with Gasteiger partial charge >= 0.3 is 0 Å². The van der Waals surface area contributed by atoms with Gasteiger partial charge in [-0.1, -0.05) is 38.7 Å². The van der Waals surface area contributed by atoms with Crippen molar-refractivity contribution in [3.63, 3.8) is 0 Å². The number of rotatable bonds is 1. The van der Waals surface area contributed by atoms with Crippen LogP contribution in [0.2, 0.25) is 0 Å². The molecule has 0 saturated carbocycles. The summed E-state index contributed by atoms with van der Waals surface area (Å²) < 4.78 is 18.4. The van der Waals surface area contributed by atoms with E-state index in [-0.39, 0.29) is 11.8 Å². The monoisotopic (exact) mass is 336 g/mol. The Hall–Kier alpha value is -2.00. The maximum atomic E-state index is 6.61. The van der Waals surface area contributed by atoms with E-state index in [9.17, 15) is 0 Å². The maximum absolute atomic E-state index is 6.61. The minimum Gasteiger partial charge on any atom is -0.497 e. The van der Waals surface area contributed by atoms with E-state index in [1.807, 2.05) is 12.1 Å². The molecule has 0 bridgehead atoms. The van der Waals surface area contributed by atoms with Crippen LogP contribution in [0.25, 0.3) is 0 Å². The molecule has 2 aliphatic carbocycles. The van der Waals surface area contributed by atoms with Crippen molar-refractivity contribution >= 4 is 0 Å². The first-order valence-electron chi connectivity index (χ1n) is 9.13. The molecule has 1 aromatic rings. The molecular weight excluding hydrogens is 312 g/mol. The number of allylic oxidation sites excluding steroid dienone is 2. The smallest absolute Gasteiger partial charge is 0.228 e. The van der Waals surface area contributed by atoms with E-state index in [4.69, 9.17) is 14.2 Å². The summed E-state index contributed by atoms with van der Waals surface area (Å²) in [6.07, 6.45) is 6.91. The highest BCUT2D eigenvalue weighted by Crippen LogP contribution is 2.62. The first-order valence-corrected chi connectivity index (χ1v) is 9.13. The second-order valence-electron chi connectivity index (χ2n) is 7.90. The molecule has 5 rings (SSSR count). The van der Waals surface area contributed by atoms with Gasteiger partial charge in [-0.05, 0) is 41.2 Å². The van der Waals surface area contributed by atoms with Crippen LogP contribution in [-0.4, -0.2) is 19.5 Å². The van der Waals surface area contributed by atoms with Crippen LogP contribution in [0, 0.1) is 23.7 Å². The summed E-state index contributed by atoms with van der Waals surface area (Å²) >= 11 is 0. The Morgan fingerprint density at radius 2 is 2.12 bits per heavy atom. The van der Waals surface area contributed by atoms with Gasteiger partial charge < -0.3 is 14.2 Å². The summed E-state index contributed by atoms with van der Waals surface area (Å²) in [5, 5.41) is 0. The van der Waals surface area contributed by atoms with E-state index in [2.05, 4.69) is 44.7 Å². The predicted molar refractivity (Wildman–Crippen MR) is 96.7 cm³/mol. The first-order chi connectivity index (χ1) is 12.0. The van der Waals surface area contributed by atoms with Crippen molar-refractivity contribution < 1.29 is 14.2 Å². The van der Waals surface area contributed by atoms with Crippen molar-refractivity contribution in [1.29, 1.82) is 0 Å². The Balaban J connectivity index is 1.77. The molecule has 6 atom stereocenters. The van der Waals surface area contributed by atoms with Crippen LogP contribution in [0.4, 0.5) is 0 Å². The van der Waals surface area contributed by atoms with Crippen LogP contribution in [-0.2, 0) is 4.74 Å². The summed E-state index contributed by atoms with van der Waals surface area (Å²) in [6, 6.07) is 6.16. The quantitative estimate of drug-likeness (QED) is 0.708. The molecule has 0 N–H and O–H groups in total. The van der Waals surface area contributed by atoms with Gasteiger partial charge in [-0.2, -0.15) is 0 Å². The molecule has 130 valence electrons. The van der Waals surface area contributed by atoms with Gasteiger partial charge in [0.05, 0.1) is 25.6 Å². The summed E-state index contributed by atoms with van der Waals surface area (Å²) in [7, 11) is 1.72. The number of hydrogen-bond acceptors (Lipinski definition) is 3. The SMILES string of the molecule is C=C1CO[C@@]23Oc4ccc(OC)cc4[C@H]4[C@H](C)[C@@H](C)C=C(C=C[C@H]12)[C@H]43. The van der Waals surface area contributed by atoms with Gasteiger partial charge in [0, 0.05) is 11.5 Å². The number of ether oxygens (including phenoxy) is 3. The fourth-order valence-electron chi connectivity index (χ4n) is 5.27. The van der Waals surface area contributed by atoms with Crippen molar-refractivity contribution in [2.24, 2.45) is 23.7 Å². The van der Waals surface area contributed by atoms with Crippen molar-refractivity contribution in [1.82, 2.24) is 0 Å². The average molecular weight is 336 g/mol. The van der Waals surface area contributed by atoms with Gasteiger partial charge in [-0.15, -0.1) is 0 Å². The highest BCUT2D eigenvalue weighted by atomic mass is 16.7. The third-order valence-electron chi connectivity index (χ3n) is 6.69. The zero-order valence-corrected chi connectivity index (χ0v) is 15.0. The van der Waals surface area contributed by atoms with Gasteiger partial charge in [0.15, 0.2) is 0 Å². The predicted octanol–water partition coefficient (Wildman–Crippen LogP) is 4.47. The second kappa shape index (κ2) is 5.01. The molecule has 2 heterocycles. The molecule has 0 amide bonds. The molecule has 25 heavy (non-hydrogen) atoms. The van der Waals surface area contributed by atoms with Crippen molar-refractivity contribution in [3.8, 4) is 11.5 Å². The molecule has 1 saturated heterocycles. The topological polar surface area (TPSA) is 27.7 Å². The second-order valence-corrected chi connectivity index (χ2v) is 7.90. The summed E-state index contributed by atoms with van der Waals surface area (Å²) in [5.74, 6) is 2.86. The molecule has 4 aliphatic rings. The van der Waals surface area contributed by atoms with Gasteiger partial charge in [-0.3, -0.25) is 0 Å². The fraction of sp³-hybridized carbons (Fsp3) is 0.455. The molecule has 3 heteroatoms. The molecular formula is C22H24O3. The standard InChI is InChI=1S/C22H24O3/c1-12-9-15-5-7-18-13(2)11-24-22(18)21(15)20(14(12)3)17-10-16(23-4)6-8-19(17)25-22/h5-10,12,14,18,20-21H,2,11H2,1,3-4H3/t12-,14+,18+,20+,21+,22+/m0/s1. The van der Waals surface area contributed by atoms with Gasteiger partial charge in [-0.25, -0.2) is 0 Å². The Bertz CT molecular complexity index is 821. The molecule has 0 radical (unpaired) electrons. The molecule has 1 fully saturated rings. The number of benzene rings is 1. The van der Waals surface area contributed by atoms with Crippen molar-refractivity contribution in [3.05, 3.63) is 59.7 Å². The van der Waals surface area contributed by atoms with Crippen LogP contribution >= 0.6 is 0 Å². The lowest BCUT2D eigenvalue weighted by Crippen LogP contribution is -2.57. The van der Waals surface area contributed by atoms with Crippen LogP contribution in [0.1, 0.15) is 25.3 Å². The lowest BCUT2D eigenvalue weighted by molar-refractivity contribution is -0.214. The van der Waals surface area contributed by atoms with E-state index in [0.717, 1.165) is 17.1 Å². The number of hydrogen-bond donors (Lipinski definition) is 0. The maximum Gasteiger partial charge on any atom is 0.228 e. The van der Waals surface area contributed by atoms with Gasteiger partial charge in [0.2, 0.25) is 5.79 Å². The third kappa shape index (κ3) is 1.85. The van der Waals surface area contributed by atoms with Gasteiger partial charge in [0.1, 0.15) is 11.5 Å². The molecule has 0 unspecified atom stereocenters. The average Bonchev–Trinajstić information content (AvgIpc) is 2.94. The summed E-state index contributed by atoms with van der Waals surface area (Å²) in [5.41, 5.74) is 3.70. The molecule has 3 nitrogen and oxygen atoms in total. The summed E-state index contributed by atoms with van der Waals surface area (Å²) in [4.78, 5) is 0. The first kappa shape index (κ1) is 15.3. The Labute approximate surface area is 149 Å². The fourth-order valence-corrected chi connectivity index (χ4v) is 5.27. The molecule has 2 aliphatic heterocycles. The van der Waals surface area contributed by atoms with E-state index in [1.54, 1.807) is 7.11 Å². The number of fused-ring (bicyclic) bond motifs is 2. The van der Waals surface area contributed by atoms with Crippen LogP contribution < -0.4 is 9.47 Å². The van der Waals surface area contributed by atoms with Gasteiger partial charge in [0.25, 0.3) is 0 Å². The summed E-state index contributed by atoms with van der Waals surface area (Å²) in [6.45, 7) is 9.47. The lowest BCUT2D eigenvalue weighted by atomic mass is 9.58. The Morgan fingerprint density at radius 1 is 1.28 bits per heavy atom. The molecule has 1 aromatic carbocycles. The van der Waals surface area contributed by atoms with E-state index in [1.165, 1.54) is 11.1 Å². The number of methoxy groups -OCH3 is 1. The highest BCUT2D eigenvalue weighted by molar-refractivity contribution is 5.52. The lowest BCUT2D eigenvalue weighted by Gasteiger charge is -2.54. The van der Waals surface area contributed by atoms with Crippen LogP contribution in [0.15, 0.2) is 54.2 Å². The van der Waals surface area contributed by atoms with E-state index >= 15 is 0 Å². The van der Waals surface area contributed by atoms with Crippen LogP contribution in [0.3, 0.4) is 0 Å². The zero-order chi connectivity index (χ0) is 17.3.